The third-order valence-corrected chi connectivity index (χ3v) is 6.65. The predicted molar refractivity (Wildman–Crippen MR) is 132 cm³/mol. The van der Waals surface area contributed by atoms with Gasteiger partial charge in [0.1, 0.15) is 6.04 Å². The molecule has 0 aliphatic heterocycles. The monoisotopic (exact) mass is 473 g/mol. The summed E-state index contributed by atoms with van der Waals surface area (Å²) in [5.41, 5.74) is 2.40. The van der Waals surface area contributed by atoms with E-state index in [4.69, 9.17) is 0 Å². The smallest absolute Gasteiger partial charge is 0.242 e. The summed E-state index contributed by atoms with van der Waals surface area (Å²) in [5.74, 6) is -0.350. The van der Waals surface area contributed by atoms with E-state index in [-0.39, 0.29) is 24.8 Å². The van der Waals surface area contributed by atoms with Crippen molar-refractivity contribution in [1.29, 1.82) is 0 Å². The second-order valence-electron chi connectivity index (χ2n) is 8.05. The fourth-order valence-corrected chi connectivity index (χ4v) is 4.84. The van der Waals surface area contributed by atoms with Crippen LogP contribution in [0.3, 0.4) is 0 Å². The molecule has 8 heteroatoms. The number of hydrogen-bond donors (Lipinski definition) is 1. The van der Waals surface area contributed by atoms with Crippen molar-refractivity contribution >= 4 is 27.5 Å². The van der Waals surface area contributed by atoms with E-state index in [9.17, 15) is 18.0 Å². The number of para-hydroxylation sites is 1. The lowest BCUT2D eigenvalue weighted by Gasteiger charge is -2.31. The number of amides is 2. The first-order chi connectivity index (χ1) is 15.7. The molecule has 1 atom stereocenters. The molecular weight excluding hydrogens is 438 g/mol. The molecule has 33 heavy (non-hydrogen) atoms. The predicted octanol–water partition coefficient (Wildman–Crippen LogP) is 3.48. The first-order valence-electron chi connectivity index (χ1n) is 11.3. The summed E-state index contributed by atoms with van der Waals surface area (Å²) in [6.45, 7) is 6.59. The quantitative estimate of drug-likeness (QED) is 0.511. The number of aryl methyl sites for hydroxylation is 1. The van der Waals surface area contributed by atoms with Gasteiger partial charge in [-0.1, -0.05) is 55.5 Å². The standard InChI is InChI=1S/C25H35N3O4S/c1-5-22(25(30)26-6-2)27(19-21-14-8-7-9-15-21)24(29)17-12-18-28(33(4,31)32)23-16-11-10-13-20(23)3/h7-11,13-16,22H,5-6,12,17-19H2,1-4H3,(H,26,30)/t22-/m0/s1. The van der Waals surface area contributed by atoms with Crippen LogP contribution in [0.25, 0.3) is 0 Å². The summed E-state index contributed by atoms with van der Waals surface area (Å²) in [6.07, 6.45) is 2.15. The number of sulfonamides is 1. The summed E-state index contributed by atoms with van der Waals surface area (Å²) >= 11 is 0. The number of carbonyl (C=O) groups excluding carboxylic acids is 2. The van der Waals surface area contributed by atoms with Gasteiger partial charge in [-0.3, -0.25) is 13.9 Å². The van der Waals surface area contributed by atoms with Gasteiger partial charge in [0.25, 0.3) is 0 Å². The van der Waals surface area contributed by atoms with Crippen molar-refractivity contribution in [2.75, 3.05) is 23.7 Å². The first-order valence-corrected chi connectivity index (χ1v) is 13.2. The highest BCUT2D eigenvalue weighted by Crippen LogP contribution is 2.23. The van der Waals surface area contributed by atoms with Crippen molar-refractivity contribution in [2.24, 2.45) is 0 Å². The van der Waals surface area contributed by atoms with Crippen LogP contribution in [-0.4, -0.2) is 50.5 Å². The van der Waals surface area contributed by atoms with Gasteiger partial charge < -0.3 is 10.2 Å². The Bertz CT molecular complexity index is 1020. The van der Waals surface area contributed by atoms with E-state index in [2.05, 4.69) is 5.32 Å². The molecule has 7 nitrogen and oxygen atoms in total. The second kappa shape index (κ2) is 12.4. The molecule has 2 aromatic rings. The van der Waals surface area contributed by atoms with E-state index < -0.39 is 16.1 Å². The van der Waals surface area contributed by atoms with E-state index in [0.29, 0.717) is 31.6 Å². The normalized spacial score (nSPS) is 12.1. The van der Waals surface area contributed by atoms with Crippen LogP contribution in [0.2, 0.25) is 0 Å². The number of carbonyl (C=O) groups is 2. The molecule has 1 N–H and O–H groups in total. The highest BCUT2D eigenvalue weighted by atomic mass is 32.2. The Morgan fingerprint density at radius 2 is 1.64 bits per heavy atom. The molecule has 0 aromatic heterocycles. The van der Waals surface area contributed by atoms with Crippen molar-refractivity contribution < 1.29 is 18.0 Å². The zero-order chi connectivity index (χ0) is 24.4. The lowest BCUT2D eigenvalue weighted by molar-refractivity contribution is -0.141. The average molecular weight is 474 g/mol. The minimum atomic E-state index is -3.50. The van der Waals surface area contributed by atoms with Gasteiger partial charge in [-0.2, -0.15) is 0 Å². The molecule has 0 saturated heterocycles. The molecule has 0 spiro atoms. The Labute approximate surface area is 197 Å². The second-order valence-corrected chi connectivity index (χ2v) is 9.96. The Hall–Kier alpha value is -2.87. The molecule has 0 aliphatic rings. The van der Waals surface area contributed by atoms with Gasteiger partial charge in [0, 0.05) is 26.1 Å². The third kappa shape index (κ3) is 7.60. The third-order valence-electron chi connectivity index (χ3n) is 5.47. The van der Waals surface area contributed by atoms with Crippen LogP contribution in [0, 0.1) is 6.92 Å². The molecule has 0 saturated carbocycles. The lowest BCUT2D eigenvalue weighted by Crippen LogP contribution is -2.49. The van der Waals surface area contributed by atoms with Crippen LogP contribution in [0.15, 0.2) is 54.6 Å². The minimum Gasteiger partial charge on any atom is -0.355 e. The Kier molecular flexibility index (Phi) is 9.91. The van der Waals surface area contributed by atoms with Gasteiger partial charge in [-0.05, 0) is 43.9 Å². The number of nitrogens with one attached hydrogen (secondary N) is 1. The largest absolute Gasteiger partial charge is 0.355 e. The van der Waals surface area contributed by atoms with Crippen molar-refractivity contribution in [1.82, 2.24) is 10.2 Å². The molecular formula is C25H35N3O4S. The summed E-state index contributed by atoms with van der Waals surface area (Å²) in [4.78, 5) is 27.5. The van der Waals surface area contributed by atoms with E-state index in [0.717, 1.165) is 11.1 Å². The van der Waals surface area contributed by atoms with E-state index in [1.807, 2.05) is 63.2 Å². The van der Waals surface area contributed by atoms with E-state index in [1.165, 1.54) is 10.6 Å². The summed E-state index contributed by atoms with van der Waals surface area (Å²) < 4.78 is 26.2. The molecule has 2 rings (SSSR count). The van der Waals surface area contributed by atoms with Gasteiger partial charge in [0.05, 0.1) is 11.9 Å². The molecule has 0 fully saturated rings. The summed E-state index contributed by atoms with van der Waals surface area (Å²) in [7, 11) is -3.50. The molecule has 0 unspecified atom stereocenters. The maximum Gasteiger partial charge on any atom is 0.242 e. The molecule has 2 amide bonds. The number of hydrogen-bond acceptors (Lipinski definition) is 4. The number of nitrogens with zero attached hydrogens (tertiary/aromatic N) is 2. The molecule has 0 radical (unpaired) electrons. The zero-order valence-corrected chi connectivity index (χ0v) is 20.8. The summed E-state index contributed by atoms with van der Waals surface area (Å²) in [6, 6.07) is 16.3. The van der Waals surface area contributed by atoms with Crippen LogP contribution in [0.1, 0.15) is 44.2 Å². The Morgan fingerprint density at radius 3 is 2.21 bits per heavy atom. The first kappa shape index (κ1) is 26.4. The zero-order valence-electron chi connectivity index (χ0n) is 20.0. The maximum absolute atomic E-state index is 13.3. The van der Waals surface area contributed by atoms with Crippen LogP contribution < -0.4 is 9.62 Å². The van der Waals surface area contributed by atoms with E-state index >= 15 is 0 Å². The molecule has 0 heterocycles. The van der Waals surface area contributed by atoms with Crippen LogP contribution in [0.5, 0.6) is 0 Å². The van der Waals surface area contributed by atoms with E-state index in [1.54, 1.807) is 17.0 Å². The SMILES string of the molecule is CCNC(=O)[C@H](CC)N(Cc1ccccc1)C(=O)CCCN(c1ccccc1C)S(C)(=O)=O. The molecule has 0 aliphatic carbocycles. The van der Waals surface area contributed by atoms with Crippen LogP contribution in [0.4, 0.5) is 5.69 Å². The van der Waals surface area contributed by atoms with Gasteiger partial charge in [0.2, 0.25) is 21.8 Å². The van der Waals surface area contributed by atoms with Crippen molar-refractivity contribution in [3.05, 3.63) is 65.7 Å². The van der Waals surface area contributed by atoms with Gasteiger partial charge in [-0.15, -0.1) is 0 Å². The van der Waals surface area contributed by atoms with Gasteiger partial charge in [-0.25, -0.2) is 8.42 Å². The Morgan fingerprint density at radius 1 is 1.00 bits per heavy atom. The van der Waals surface area contributed by atoms with Crippen LogP contribution in [-0.2, 0) is 26.2 Å². The molecule has 180 valence electrons. The van der Waals surface area contributed by atoms with Gasteiger partial charge in [0.15, 0.2) is 0 Å². The van der Waals surface area contributed by atoms with Crippen molar-refractivity contribution in [2.45, 2.75) is 52.6 Å². The minimum absolute atomic E-state index is 0.140. The number of rotatable bonds is 12. The highest BCUT2D eigenvalue weighted by Gasteiger charge is 2.28. The topological polar surface area (TPSA) is 86.8 Å². The molecule has 0 bridgehead atoms. The van der Waals surface area contributed by atoms with Gasteiger partial charge >= 0.3 is 0 Å². The fourth-order valence-electron chi connectivity index (χ4n) is 3.82. The van der Waals surface area contributed by atoms with Crippen molar-refractivity contribution in [3.8, 4) is 0 Å². The lowest BCUT2D eigenvalue weighted by atomic mass is 10.1. The number of anilines is 1. The van der Waals surface area contributed by atoms with Crippen molar-refractivity contribution in [3.63, 3.8) is 0 Å². The van der Waals surface area contributed by atoms with Crippen LogP contribution >= 0.6 is 0 Å². The maximum atomic E-state index is 13.3. The fraction of sp³-hybridized carbons (Fsp3) is 0.440. The summed E-state index contributed by atoms with van der Waals surface area (Å²) in [5, 5.41) is 2.82. The molecule has 2 aromatic carbocycles. The number of benzene rings is 2. The average Bonchev–Trinajstić information content (AvgIpc) is 2.77. The Balaban J connectivity index is 2.18. The highest BCUT2D eigenvalue weighted by molar-refractivity contribution is 7.92. The number of likely N-dealkylation sites (N-methyl/N-ethyl adjacent to an activating group) is 1.